The highest BCUT2D eigenvalue weighted by Crippen LogP contribution is 2.42. The van der Waals surface area contributed by atoms with Crippen molar-refractivity contribution >= 4 is 56.8 Å². The summed E-state index contributed by atoms with van der Waals surface area (Å²) in [6, 6.07) is 43.3. The van der Waals surface area contributed by atoms with Gasteiger partial charge in [-0.3, -0.25) is 29.1 Å². The fraction of sp³-hybridized carbons (Fsp3) is 0.333. The van der Waals surface area contributed by atoms with E-state index in [1.807, 2.05) is 74.5 Å². The molecule has 2 fully saturated rings. The lowest BCUT2D eigenvalue weighted by molar-refractivity contribution is -0.138. The van der Waals surface area contributed by atoms with Crippen LogP contribution in [0.3, 0.4) is 0 Å². The number of aromatic nitrogens is 2. The van der Waals surface area contributed by atoms with E-state index in [4.69, 9.17) is 60.2 Å². The van der Waals surface area contributed by atoms with Crippen LogP contribution in [0, 0.1) is 0 Å². The molecule has 0 saturated carbocycles. The first kappa shape index (κ1) is 73.7. The van der Waals surface area contributed by atoms with E-state index < -0.39 is 95.4 Å². The predicted octanol–water partition coefficient (Wildman–Crippen LogP) is 16.6. The van der Waals surface area contributed by atoms with Crippen molar-refractivity contribution in [2.24, 2.45) is 0 Å². The molecule has 18 nitrogen and oxygen atoms in total. The molecule has 6 aromatic carbocycles. The monoisotopic (exact) mass is 1430 g/mol. The molecular weight excluding hydrogens is 1360 g/mol. The molecule has 0 radical (unpaired) electrons. The van der Waals surface area contributed by atoms with Gasteiger partial charge >= 0.3 is 22.8 Å². The zero-order valence-corrected chi connectivity index (χ0v) is 56.6. The summed E-state index contributed by atoms with van der Waals surface area (Å²) < 4.78 is 150. The van der Waals surface area contributed by atoms with E-state index in [1.54, 1.807) is 36.7 Å². The molecule has 4 heterocycles. The molecule has 99 heavy (non-hydrogen) atoms. The van der Waals surface area contributed by atoms with E-state index in [1.165, 1.54) is 60.7 Å². The highest BCUT2D eigenvalue weighted by Gasteiger charge is 2.39. The molecular formula is C72H72Cl2F6N6O12S. The van der Waals surface area contributed by atoms with Crippen LogP contribution in [0.4, 0.5) is 37.7 Å². The van der Waals surface area contributed by atoms with Gasteiger partial charge < -0.3 is 18.9 Å². The van der Waals surface area contributed by atoms with Crippen LogP contribution in [0.15, 0.2) is 182 Å². The molecule has 8 aromatic rings. The number of piperidine rings is 2. The van der Waals surface area contributed by atoms with E-state index in [2.05, 4.69) is 19.8 Å². The first-order valence-corrected chi connectivity index (χ1v) is 34.0. The maximum Gasteiger partial charge on any atom is 0.416 e. The van der Waals surface area contributed by atoms with Crippen LogP contribution in [0.25, 0.3) is 0 Å². The Kier molecular flexibility index (Phi) is 24.9. The second-order valence-corrected chi connectivity index (χ2v) is 25.6. The molecule has 2 aromatic heterocycles. The number of ether oxygens (including phenoxy) is 4. The first-order valence-electron chi connectivity index (χ1n) is 31.9. The van der Waals surface area contributed by atoms with Gasteiger partial charge in [0, 0.05) is 74.0 Å². The summed E-state index contributed by atoms with van der Waals surface area (Å²) in [5.74, 6) is -1.21. The van der Waals surface area contributed by atoms with Crippen molar-refractivity contribution in [3.8, 4) is 23.3 Å². The number of carbonyl (C=O) groups is 2. The molecule has 6 unspecified atom stereocenters. The van der Waals surface area contributed by atoms with Crippen molar-refractivity contribution in [1.29, 1.82) is 0 Å². The smallest absolute Gasteiger partial charge is 0.416 e. The number of benzene rings is 6. The number of pyridine rings is 2. The average molecular weight is 1430 g/mol. The third-order valence-electron chi connectivity index (χ3n) is 16.6. The molecule has 2 saturated heterocycles. The number of hydroxylamine groups is 2. The summed E-state index contributed by atoms with van der Waals surface area (Å²) in [5, 5.41) is 1.95. The van der Waals surface area contributed by atoms with E-state index in [-0.39, 0.29) is 45.4 Å². The van der Waals surface area contributed by atoms with Crippen molar-refractivity contribution in [2.45, 2.75) is 129 Å². The summed E-state index contributed by atoms with van der Waals surface area (Å²) >= 11 is 12.5. The van der Waals surface area contributed by atoms with Gasteiger partial charge in [0.05, 0.1) is 22.5 Å². The Morgan fingerprint density at radius 3 is 1.27 bits per heavy atom. The number of likely N-dealkylation sites (tertiary alicyclic amines) is 2. The standard InChI is InChI=1S/C72H72Cl2F6N6O12S/c1-5-91-67-39-51(33-37-83(67)43-49-13-29-61(30-14-49)95-65-11-7-9-35-81-65)63-41-55(71(75,76)77)19-17-53(63)45-93-85(59-25-21-57(73)22-26-59)69(87)47(3)97-99(89,90)98-48(4)70(88)86(60-27-23-58(74)24-28-60)94-46-54-18-20-56(72(78,79)80)42-64(54)52-34-38-84(68(40-52)92-6-2)44-50-15-31-62(32-16-50)96-66-12-8-10-36-82-66/h7-32,35-36,41-42,47-48,51-52,67-68H,5-6,33-34,37-40,43-46H2,1-4H3. The summed E-state index contributed by atoms with van der Waals surface area (Å²) in [6.07, 6.45) is -9.75. The Bertz CT molecular complexity index is 3830. The number of rotatable bonds is 28. The summed E-state index contributed by atoms with van der Waals surface area (Å²) in [5.41, 5.74) is 1.25. The van der Waals surface area contributed by atoms with Crippen molar-refractivity contribution in [2.75, 3.05) is 36.4 Å². The third kappa shape index (κ3) is 20.1. The van der Waals surface area contributed by atoms with E-state index in [9.17, 15) is 44.3 Å². The molecule has 0 aliphatic carbocycles. The van der Waals surface area contributed by atoms with Crippen LogP contribution in [-0.2, 0) is 86.2 Å². The van der Waals surface area contributed by atoms with Crippen LogP contribution in [0.1, 0.15) is 110 Å². The lowest BCUT2D eigenvalue weighted by Gasteiger charge is -2.40. The molecule has 524 valence electrons. The van der Waals surface area contributed by atoms with E-state index in [0.29, 0.717) is 86.6 Å². The minimum absolute atomic E-state index is 0.0222. The lowest BCUT2D eigenvalue weighted by Crippen LogP contribution is -2.43. The quantitative estimate of drug-likeness (QED) is 0.0333. The van der Waals surface area contributed by atoms with Gasteiger partial charge in [0.1, 0.15) is 37.2 Å². The van der Waals surface area contributed by atoms with Gasteiger partial charge in [-0.25, -0.2) is 18.3 Å². The first-order chi connectivity index (χ1) is 47.4. The predicted molar refractivity (Wildman–Crippen MR) is 357 cm³/mol. The Labute approximate surface area is 580 Å². The Morgan fingerprint density at radius 1 is 0.545 bits per heavy atom. The number of alkyl halides is 6. The summed E-state index contributed by atoms with van der Waals surface area (Å²) in [6.45, 7) is 7.20. The zero-order chi connectivity index (χ0) is 70.4. The normalized spacial score (nSPS) is 17.7. The van der Waals surface area contributed by atoms with E-state index in [0.717, 1.165) is 59.4 Å². The minimum Gasteiger partial charge on any atom is -0.439 e. The molecule has 0 N–H and O–H groups in total. The Hall–Kier alpha value is -8.05. The summed E-state index contributed by atoms with van der Waals surface area (Å²) in [4.78, 5) is 54.0. The Balaban J connectivity index is 0.819. The van der Waals surface area contributed by atoms with Gasteiger partial charge in [-0.15, -0.1) is 0 Å². The molecule has 6 atom stereocenters. The largest absolute Gasteiger partial charge is 0.439 e. The number of anilines is 2. The number of amides is 2. The van der Waals surface area contributed by atoms with Crippen LogP contribution < -0.4 is 19.6 Å². The van der Waals surface area contributed by atoms with Crippen LogP contribution in [0.5, 0.6) is 23.3 Å². The second-order valence-electron chi connectivity index (χ2n) is 23.5. The molecule has 0 bridgehead atoms. The number of carbonyl (C=O) groups excluding carboxylic acids is 2. The number of nitrogens with zero attached hydrogens (tertiary/aromatic N) is 6. The van der Waals surface area contributed by atoms with Crippen molar-refractivity contribution < 1.29 is 81.3 Å². The van der Waals surface area contributed by atoms with Crippen molar-refractivity contribution in [3.63, 3.8) is 0 Å². The minimum atomic E-state index is -5.33. The number of hydrogen-bond acceptors (Lipinski definition) is 16. The third-order valence-corrected chi connectivity index (χ3v) is 18.2. The van der Waals surface area contributed by atoms with Gasteiger partial charge in [0.25, 0.3) is 11.8 Å². The highest BCUT2D eigenvalue weighted by molar-refractivity contribution is 7.82. The topological polar surface area (TPSA) is 181 Å². The van der Waals surface area contributed by atoms with Gasteiger partial charge in [-0.05, 0) is 208 Å². The number of halogens is 8. The summed E-state index contributed by atoms with van der Waals surface area (Å²) in [7, 11) is -5.33. The van der Waals surface area contributed by atoms with Gasteiger partial charge in [-0.1, -0.05) is 71.7 Å². The van der Waals surface area contributed by atoms with Gasteiger partial charge in [0.2, 0.25) is 11.8 Å². The molecule has 2 amide bonds. The molecule has 2 aliphatic heterocycles. The zero-order valence-electron chi connectivity index (χ0n) is 54.3. The fourth-order valence-corrected chi connectivity index (χ4v) is 12.9. The molecule has 0 spiro atoms. The van der Waals surface area contributed by atoms with Crippen molar-refractivity contribution in [3.05, 3.63) is 237 Å². The van der Waals surface area contributed by atoms with Crippen LogP contribution in [-0.4, -0.2) is 91.0 Å². The molecule has 2 aliphatic rings. The van der Waals surface area contributed by atoms with Crippen LogP contribution in [0.2, 0.25) is 10.0 Å². The second kappa shape index (κ2) is 33.4. The molecule has 10 rings (SSSR count). The number of hydrogen-bond donors (Lipinski definition) is 0. The Morgan fingerprint density at radius 2 is 0.929 bits per heavy atom. The van der Waals surface area contributed by atoms with Gasteiger partial charge in [-0.2, -0.15) is 44.9 Å². The van der Waals surface area contributed by atoms with E-state index >= 15 is 0 Å². The van der Waals surface area contributed by atoms with Crippen LogP contribution >= 0.6 is 23.2 Å². The lowest BCUT2D eigenvalue weighted by atomic mass is 9.84. The fourth-order valence-electron chi connectivity index (χ4n) is 11.8. The maximum atomic E-state index is 14.5. The SMILES string of the molecule is CCOC1CC(c2cc(C(F)(F)F)ccc2CON(C(=O)C(C)OS(=O)(=O)OC(C)C(=O)N(OCc2ccc(C(F)(F)F)cc2C2CCN(Cc3ccc(Oc4ccccn4)cc3)C(OCC)C2)c2ccc(Cl)cc2)c2ccc(Cl)cc2)CCN1Cc1ccc(Oc2ccccn2)cc1. The van der Waals surface area contributed by atoms with Gasteiger partial charge in [0.15, 0.2) is 12.2 Å². The highest BCUT2D eigenvalue weighted by atomic mass is 35.5. The molecule has 27 heteroatoms. The van der Waals surface area contributed by atoms with Crippen molar-refractivity contribution in [1.82, 2.24) is 19.8 Å². The maximum absolute atomic E-state index is 14.5. The average Bonchev–Trinajstić information content (AvgIpc) is 0.800.